The Morgan fingerprint density at radius 2 is 1.79 bits per heavy atom. The van der Waals surface area contributed by atoms with Crippen molar-refractivity contribution in [2.75, 3.05) is 0 Å². The predicted octanol–water partition coefficient (Wildman–Crippen LogP) is 4.58. The molecule has 1 heterocycles. The molecule has 1 saturated carbocycles. The Balaban J connectivity index is 2.08. The van der Waals surface area contributed by atoms with Crippen molar-refractivity contribution in [3.63, 3.8) is 0 Å². The average molecular weight is 468 g/mol. The Kier molecular flexibility index (Phi) is 6.80. The minimum Gasteiger partial charge on any atom is -0.478 e. The lowest BCUT2D eigenvalue weighted by molar-refractivity contribution is -0.384. The standard InChI is InChI=1S/C22H23F3N2O6/c1-11-16(20(28)29)18(14-8-5-9-15(10-14)27(31)32)17(12(2)26-11)21(30)33-19(22(23,24)25)13-6-3-4-7-13/h5,8-10,13,18-19,26H,3-4,6-7H2,1-2H3,(H,28,29). The molecule has 3 rings (SSSR count). The number of hydrogen-bond acceptors (Lipinski definition) is 6. The van der Waals surface area contributed by atoms with Crippen molar-refractivity contribution < 1.29 is 37.5 Å². The zero-order valence-electron chi connectivity index (χ0n) is 17.9. The molecule has 0 amide bonds. The minimum atomic E-state index is -4.79. The molecular weight excluding hydrogens is 445 g/mol. The number of halogens is 3. The number of alkyl halides is 3. The second-order valence-corrected chi connectivity index (χ2v) is 8.20. The summed E-state index contributed by atoms with van der Waals surface area (Å²) >= 11 is 0. The van der Waals surface area contributed by atoms with Gasteiger partial charge in [-0.2, -0.15) is 13.2 Å². The van der Waals surface area contributed by atoms with Crippen LogP contribution in [-0.4, -0.2) is 34.2 Å². The summed E-state index contributed by atoms with van der Waals surface area (Å²) in [5.41, 5.74) is -0.623. The van der Waals surface area contributed by atoms with Gasteiger partial charge in [0.2, 0.25) is 0 Å². The van der Waals surface area contributed by atoms with Crippen LogP contribution in [0.3, 0.4) is 0 Å². The van der Waals surface area contributed by atoms with Gasteiger partial charge in [-0.15, -0.1) is 0 Å². The van der Waals surface area contributed by atoms with Crippen molar-refractivity contribution >= 4 is 17.6 Å². The summed E-state index contributed by atoms with van der Waals surface area (Å²) in [6.07, 6.45) is -5.38. The number of carboxylic acid groups (broad SMARTS) is 1. The summed E-state index contributed by atoms with van der Waals surface area (Å²) in [5.74, 6) is -4.96. The molecule has 0 bridgehead atoms. The molecule has 8 nitrogen and oxygen atoms in total. The molecule has 1 fully saturated rings. The van der Waals surface area contributed by atoms with E-state index in [1.54, 1.807) is 0 Å². The number of rotatable bonds is 6. The number of non-ortho nitro benzene ring substituents is 1. The fourth-order valence-corrected chi connectivity index (χ4v) is 4.57. The van der Waals surface area contributed by atoms with E-state index >= 15 is 0 Å². The van der Waals surface area contributed by atoms with Crippen LogP contribution in [0, 0.1) is 16.0 Å². The molecule has 2 atom stereocenters. The molecule has 2 N–H and O–H groups in total. The molecule has 1 aliphatic carbocycles. The number of ether oxygens (including phenoxy) is 1. The molecular formula is C22H23F3N2O6. The lowest BCUT2D eigenvalue weighted by Gasteiger charge is -2.32. The van der Waals surface area contributed by atoms with Crippen LogP contribution in [0.4, 0.5) is 18.9 Å². The maximum absolute atomic E-state index is 13.7. The van der Waals surface area contributed by atoms with Gasteiger partial charge in [0.15, 0.2) is 6.10 Å². The van der Waals surface area contributed by atoms with Crippen LogP contribution >= 0.6 is 0 Å². The highest BCUT2D eigenvalue weighted by Crippen LogP contribution is 2.42. The lowest BCUT2D eigenvalue weighted by Crippen LogP contribution is -2.41. The van der Waals surface area contributed by atoms with Crippen molar-refractivity contribution in [1.29, 1.82) is 0 Å². The second kappa shape index (κ2) is 9.24. The van der Waals surface area contributed by atoms with Crippen LogP contribution in [0.15, 0.2) is 46.8 Å². The summed E-state index contributed by atoms with van der Waals surface area (Å²) in [5, 5.41) is 23.8. The first-order chi connectivity index (χ1) is 15.4. The highest BCUT2D eigenvalue weighted by Gasteiger charge is 2.49. The number of allylic oxidation sites excluding steroid dienone is 2. The molecule has 33 heavy (non-hydrogen) atoms. The van der Waals surface area contributed by atoms with E-state index in [0.717, 1.165) is 6.07 Å². The number of carbonyl (C=O) groups is 2. The van der Waals surface area contributed by atoms with Crippen molar-refractivity contribution in [1.82, 2.24) is 5.32 Å². The quantitative estimate of drug-likeness (QED) is 0.356. The third-order valence-corrected chi connectivity index (χ3v) is 6.01. The van der Waals surface area contributed by atoms with E-state index in [-0.39, 0.29) is 46.6 Å². The molecule has 0 saturated heterocycles. The summed E-state index contributed by atoms with van der Waals surface area (Å²) < 4.78 is 46.2. The molecule has 0 spiro atoms. The van der Waals surface area contributed by atoms with Crippen LogP contribution in [0.1, 0.15) is 51.0 Å². The Bertz CT molecular complexity index is 1040. The largest absolute Gasteiger partial charge is 0.478 e. The first-order valence-electron chi connectivity index (χ1n) is 10.4. The third kappa shape index (κ3) is 5.01. The molecule has 1 aliphatic heterocycles. The molecule has 178 valence electrons. The number of benzene rings is 1. The summed E-state index contributed by atoms with van der Waals surface area (Å²) in [6.45, 7) is 2.86. The van der Waals surface area contributed by atoms with Gasteiger partial charge in [-0.25, -0.2) is 9.59 Å². The number of nitrogens with one attached hydrogen (secondary N) is 1. The van der Waals surface area contributed by atoms with Gasteiger partial charge in [0.25, 0.3) is 5.69 Å². The van der Waals surface area contributed by atoms with Crippen molar-refractivity contribution in [2.45, 2.75) is 57.7 Å². The van der Waals surface area contributed by atoms with E-state index in [1.165, 1.54) is 32.0 Å². The SMILES string of the molecule is CC1=C(C(=O)O)C(c2cccc([N+](=O)[O-])c2)C(C(=O)OC(C2CCCC2)C(F)(F)F)=C(C)N1. The van der Waals surface area contributed by atoms with Gasteiger partial charge < -0.3 is 15.2 Å². The number of dihydropyridines is 1. The number of hydrogen-bond donors (Lipinski definition) is 2. The number of aliphatic carboxylic acids is 1. The number of nitro benzene ring substituents is 1. The van der Waals surface area contributed by atoms with E-state index < -0.39 is 41.0 Å². The van der Waals surface area contributed by atoms with Gasteiger partial charge in [0.1, 0.15) is 0 Å². The first kappa shape index (κ1) is 24.3. The number of carbonyl (C=O) groups excluding carboxylic acids is 1. The number of carboxylic acids is 1. The minimum absolute atomic E-state index is 0.0816. The third-order valence-electron chi connectivity index (χ3n) is 6.01. The smallest absolute Gasteiger partial charge is 0.425 e. The van der Waals surface area contributed by atoms with E-state index in [9.17, 15) is 38.0 Å². The van der Waals surface area contributed by atoms with E-state index in [1.807, 2.05) is 0 Å². The van der Waals surface area contributed by atoms with E-state index in [2.05, 4.69) is 5.32 Å². The molecule has 2 unspecified atom stereocenters. The van der Waals surface area contributed by atoms with Crippen LogP contribution in [0.25, 0.3) is 0 Å². The highest BCUT2D eigenvalue weighted by atomic mass is 19.4. The van der Waals surface area contributed by atoms with Gasteiger partial charge in [-0.3, -0.25) is 10.1 Å². The van der Waals surface area contributed by atoms with Gasteiger partial charge in [0.05, 0.1) is 22.0 Å². The number of nitro groups is 1. The fourth-order valence-electron chi connectivity index (χ4n) is 4.57. The number of nitrogens with zero attached hydrogens (tertiary/aromatic N) is 1. The zero-order valence-corrected chi connectivity index (χ0v) is 17.9. The van der Waals surface area contributed by atoms with Crippen LogP contribution in [0.2, 0.25) is 0 Å². The topological polar surface area (TPSA) is 119 Å². The Labute approximate surface area is 187 Å². The molecule has 0 radical (unpaired) electrons. The second-order valence-electron chi connectivity index (χ2n) is 8.20. The molecule has 2 aliphatic rings. The molecule has 1 aromatic carbocycles. The van der Waals surface area contributed by atoms with Crippen LogP contribution in [-0.2, 0) is 14.3 Å². The fraction of sp³-hybridized carbons (Fsp3) is 0.455. The van der Waals surface area contributed by atoms with Gasteiger partial charge in [-0.1, -0.05) is 25.0 Å². The molecule has 1 aromatic rings. The Hall–Kier alpha value is -3.37. The number of esters is 1. The van der Waals surface area contributed by atoms with Gasteiger partial charge in [-0.05, 0) is 32.3 Å². The highest BCUT2D eigenvalue weighted by molar-refractivity contribution is 5.99. The maximum Gasteiger partial charge on any atom is 0.425 e. The van der Waals surface area contributed by atoms with Gasteiger partial charge in [0, 0.05) is 29.4 Å². The Morgan fingerprint density at radius 3 is 2.33 bits per heavy atom. The average Bonchev–Trinajstić information content (AvgIpc) is 3.24. The Morgan fingerprint density at radius 1 is 1.18 bits per heavy atom. The summed E-state index contributed by atoms with van der Waals surface area (Å²) in [6, 6.07) is 5.00. The monoisotopic (exact) mass is 468 g/mol. The van der Waals surface area contributed by atoms with Crippen molar-refractivity contribution in [3.8, 4) is 0 Å². The zero-order chi connectivity index (χ0) is 24.5. The molecule has 11 heteroatoms. The summed E-state index contributed by atoms with van der Waals surface area (Å²) in [4.78, 5) is 35.7. The van der Waals surface area contributed by atoms with E-state index in [0.29, 0.717) is 12.8 Å². The lowest BCUT2D eigenvalue weighted by atomic mass is 9.80. The molecule has 0 aromatic heterocycles. The summed E-state index contributed by atoms with van der Waals surface area (Å²) in [7, 11) is 0. The van der Waals surface area contributed by atoms with E-state index in [4.69, 9.17) is 4.74 Å². The van der Waals surface area contributed by atoms with Crippen LogP contribution < -0.4 is 5.32 Å². The first-order valence-corrected chi connectivity index (χ1v) is 10.4. The van der Waals surface area contributed by atoms with Crippen molar-refractivity contribution in [2.24, 2.45) is 5.92 Å². The maximum atomic E-state index is 13.7. The normalized spacial score (nSPS) is 20.5. The van der Waals surface area contributed by atoms with Crippen LogP contribution in [0.5, 0.6) is 0 Å². The predicted molar refractivity (Wildman–Crippen MR) is 110 cm³/mol. The van der Waals surface area contributed by atoms with Gasteiger partial charge >= 0.3 is 18.1 Å². The van der Waals surface area contributed by atoms with Crippen molar-refractivity contribution in [3.05, 3.63) is 62.5 Å².